The fraction of sp³-hybridized carbons (Fsp3) is 0.333. The highest BCUT2D eigenvalue weighted by Crippen LogP contribution is 2.36. The molecule has 0 amide bonds. The number of aliphatic carboxylic acids is 1. The van der Waals surface area contributed by atoms with Crippen molar-refractivity contribution in [2.75, 3.05) is 24.6 Å². The maximum atomic E-state index is 13.0. The highest BCUT2D eigenvalue weighted by molar-refractivity contribution is 6.10. The van der Waals surface area contributed by atoms with Crippen molar-refractivity contribution in [2.24, 2.45) is 0 Å². The summed E-state index contributed by atoms with van der Waals surface area (Å²) in [7, 11) is 0. The Bertz CT molecular complexity index is 1580. The number of hydrogen-bond donors (Lipinski definition) is 1. The van der Waals surface area contributed by atoms with Crippen molar-refractivity contribution in [1.82, 2.24) is 0 Å². The zero-order valence-corrected chi connectivity index (χ0v) is 24.7. The average Bonchev–Trinajstić information content (AvgIpc) is 3.00. The van der Waals surface area contributed by atoms with E-state index in [1.54, 1.807) is 13.8 Å². The molecule has 4 aromatic carbocycles. The number of ketones is 1. The van der Waals surface area contributed by atoms with E-state index in [1.807, 2.05) is 66.7 Å². The highest BCUT2D eigenvalue weighted by atomic mass is 16.5. The average molecular weight is 566 g/mol. The summed E-state index contributed by atoms with van der Waals surface area (Å²) in [6.45, 7) is 7.69. The van der Waals surface area contributed by atoms with E-state index in [2.05, 4.69) is 24.0 Å². The van der Waals surface area contributed by atoms with Crippen molar-refractivity contribution in [3.63, 3.8) is 0 Å². The van der Waals surface area contributed by atoms with Crippen LogP contribution in [0.4, 0.5) is 5.69 Å². The lowest BCUT2D eigenvalue weighted by molar-refractivity contribution is -0.152. The molecule has 1 aliphatic rings. The van der Waals surface area contributed by atoms with Gasteiger partial charge in [0.2, 0.25) is 0 Å². The number of hydrogen-bond acceptors (Lipinski definition) is 5. The molecule has 6 heteroatoms. The Labute approximate surface area is 247 Å². The molecule has 1 N–H and O–H groups in total. The van der Waals surface area contributed by atoms with E-state index in [4.69, 9.17) is 9.47 Å². The lowest BCUT2D eigenvalue weighted by Crippen LogP contribution is -2.38. The number of nitrogens with zero attached hydrogens (tertiary/aromatic N) is 1. The molecule has 6 nitrogen and oxygen atoms in total. The van der Waals surface area contributed by atoms with Crippen LogP contribution in [0, 0.1) is 0 Å². The Kier molecular flexibility index (Phi) is 8.81. The van der Waals surface area contributed by atoms with E-state index in [0.29, 0.717) is 23.5 Å². The first-order valence-electron chi connectivity index (χ1n) is 14.9. The number of benzene rings is 4. The topological polar surface area (TPSA) is 76.1 Å². The minimum absolute atomic E-state index is 0.0263. The minimum atomic E-state index is -1.29. The van der Waals surface area contributed by atoms with Crippen LogP contribution in [0.2, 0.25) is 0 Å². The zero-order chi connectivity index (χ0) is 29.7. The predicted octanol–water partition coefficient (Wildman–Crippen LogP) is 7.49. The highest BCUT2D eigenvalue weighted by Gasteiger charge is 2.31. The Morgan fingerprint density at radius 2 is 1.74 bits per heavy atom. The van der Waals surface area contributed by atoms with Crippen LogP contribution in [0.1, 0.15) is 67.1 Å². The van der Waals surface area contributed by atoms with Gasteiger partial charge in [0.25, 0.3) is 0 Å². The fourth-order valence-corrected chi connectivity index (χ4v) is 5.67. The van der Waals surface area contributed by atoms with Gasteiger partial charge in [-0.15, -0.1) is 0 Å². The largest absolute Gasteiger partial charge is 0.493 e. The van der Waals surface area contributed by atoms with Crippen molar-refractivity contribution < 1.29 is 24.2 Å². The minimum Gasteiger partial charge on any atom is -0.493 e. The van der Waals surface area contributed by atoms with Crippen LogP contribution in [-0.4, -0.2) is 42.2 Å². The van der Waals surface area contributed by atoms with Crippen molar-refractivity contribution in [3.8, 4) is 11.5 Å². The normalized spacial score (nSPS) is 13.1. The smallest absolute Gasteiger partial charge is 0.347 e. The Balaban J connectivity index is 1.27. The van der Waals surface area contributed by atoms with E-state index in [9.17, 15) is 14.7 Å². The van der Waals surface area contributed by atoms with E-state index < -0.39 is 11.6 Å². The van der Waals surface area contributed by atoms with Crippen molar-refractivity contribution in [2.45, 2.75) is 58.5 Å². The third kappa shape index (κ3) is 6.28. The first kappa shape index (κ1) is 29.2. The number of anilines is 1. The standard InChI is InChI=1S/C36H39NO5/c1-4-11-29-28-19-17-27(34(38)25-12-6-5-7-13-25)24-26(28)18-20-32(29)41-23-10-22-37-21-9-14-30-31(37)15-8-16-33(30)42-36(2,3)35(39)40/h5-8,12-13,15-20,24H,4,9-11,14,21-23H2,1-3H3,(H,39,40). The van der Waals surface area contributed by atoms with Gasteiger partial charge in [-0.3, -0.25) is 4.79 Å². The van der Waals surface area contributed by atoms with Gasteiger partial charge in [-0.25, -0.2) is 4.79 Å². The SMILES string of the molecule is CCCc1c(OCCCN2CCCc3c(OC(C)(C)C(=O)O)cccc32)ccc2cc(C(=O)c3ccccc3)ccc12. The molecule has 0 unspecified atom stereocenters. The molecule has 4 aromatic rings. The molecule has 0 fully saturated rings. The lowest BCUT2D eigenvalue weighted by atomic mass is 9.95. The van der Waals surface area contributed by atoms with E-state index in [0.717, 1.165) is 73.0 Å². The van der Waals surface area contributed by atoms with Gasteiger partial charge in [-0.2, -0.15) is 0 Å². The number of carboxylic acids is 1. The molecule has 0 radical (unpaired) electrons. The van der Waals surface area contributed by atoms with Crippen LogP contribution in [0.3, 0.4) is 0 Å². The van der Waals surface area contributed by atoms with E-state index in [1.165, 1.54) is 5.56 Å². The third-order valence-corrected chi connectivity index (χ3v) is 7.90. The fourth-order valence-electron chi connectivity index (χ4n) is 5.67. The number of rotatable bonds is 12. The number of ether oxygens (including phenoxy) is 2. The van der Waals surface area contributed by atoms with Crippen molar-refractivity contribution >= 4 is 28.2 Å². The molecule has 42 heavy (non-hydrogen) atoms. The first-order valence-corrected chi connectivity index (χ1v) is 14.9. The van der Waals surface area contributed by atoms with Crippen LogP contribution < -0.4 is 14.4 Å². The summed E-state index contributed by atoms with van der Waals surface area (Å²) in [5, 5.41) is 11.7. The lowest BCUT2D eigenvalue weighted by Gasteiger charge is -2.33. The molecule has 0 saturated heterocycles. The maximum Gasteiger partial charge on any atom is 0.347 e. The molecule has 0 spiro atoms. The summed E-state index contributed by atoms with van der Waals surface area (Å²) in [6, 6.07) is 25.3. The van der Waals surface area contributed by atoms with Gasteiger partial charge in [0.1, 0.15) is 11.5 Å². The number of aryl methyl sites for hydroxylation is 1. The maximum absolute atomic E-state index is 13.0. The van der Waals surface area contributed by atoms with Gasteiger partial charge < -0.3 is 19.5 Å². The van der Waals surface area contributed by atoms with Crippen molar-refractivity contribution in [3.05, 3.63) is 101 Å². The molecule has 5 rings (SSSR count). The van der Waals surface area contributed by atoms with Gasteiger partial charge in [0.05, 0.1) is 6.61 Å². The van der Waals surface area contributed by atoms with Gasteiger partial charge >= 0.3 is 5.97 Å². The molecule has 0 aromatic heterocycles. The molecule has 0 atom stereocenters. The van der Waals surface area contributed by atoms with Gasteiger partial charge in [-0.1, -0.05) is 67.9 Å². The molecule has 1 heterocycles. The van der Waals surface area contributed by atoms with Crippen LogP contribution >= 0.6 is 0 Å². The molecule has 0 saturated carbocycles. The summed E-state index contributed by atoms with van der Waals surface area (Å²) >= 11 is 0. The van der Waals surface area contributed by atoms with Crippen molar-refractivity contribution in [1.29, 1.82) is 0 Å². The molecule has 1 aliphatic heterocycles. The molecular formula is C36H39NO5. The summed E-state index contributed by atoms with van der Waals surface area (Å²) < 4.78 is 12.3. The molecule has 218 valence electrons. The predicted molar refractivity (Wildman–Crippen MR) is 167 cm³/mol. The molecular weight excluding hydrogens is 526 g/mol. The number of carbonyl (C=O) groups is 2. The molecule has 0 bridgehead atoms. The number of fused-ring (bicyclic) bond motifs is 2. The van der Waals surface area contributed by atoms with Gasteiger partial charge in [0.15, 0.2) is 11.4 Å². The van der Waals surface area contributed by atoms with Crippen LogP contribution in [0.5, 0.6) is 11.5 Å². The summed E-state index contributed by atoms with van der Waals surface area (Å²) in [6.07, 6.45) is 4.59. The monoisotopic (exact) mass is 565 g/mol. The van der Waals surface area contributed by atoms with E-state index >= 15 is 0 Å². The van der Waals surface area contributed by atoms with Gasteiger partial charge in [0, 0.05) is 41.0 Å². The second kappa shape index (κ2) is 12.7. The Morgan fingerprint density at radius 3 is 2.50 bits per heavy atom. The van der Waals surface area contributed by atoms with Crippen LogP contribution in [0.15, 0.2) is 78.9 Å². The van der Waals surface area contributed by atoms with Crippen LogP contribution in [0.25, 0.3) is 10.8 Å². The zero-order valence-electron chi connectivity index (χ0n) is 24.7. The first-order chi connectivity index (χ1) is 20.3. The Morgan fingerprint density at radius 1 is 0.929 bits per heavy atom. The van der Waals surface area contributed by atoms with Gasteiger partial charge in [-0.05, 0) is 74.6 Å². The quantitative estimate of drug-likeness (QED) is 0.142. The summed E-state index contributed by atoms with van der Waals surface area (Å²) in [4.78, 5) is 27.0. The number of carbonyl (C=O) groups excluding carboxylic acids is 1. The third-order valence-electron chi connectivity index (χ3n) is 7.90. The summed E-state index contributed by atoms with van der Waals surface area (Å²) in [5.41, 5.74) is 3.45. The second-order valence-electron chi connectivity index (χ2n) is 11.4. The van der Waals surface area contributed by atoms with Crippen LogP contribution in [-0.2, 0) is 17.6 Å². The second-order valence-corrected chi connectivity index (χ2v) is 11.4. The Hall–Kier alpha value is -4.32. The number of carboxylic acid groups (broad SMARTS) is 1. The van der Waals surface area contributed by atoms with E-state index in [-0.39, 0.29) is 5.78 Å². The summed E-state index contributed by atoms with van der Waals surface area (Å²) in [5.74, 6) is 0.590. The molecule has 0 aliphatic carbocycles.